The van der Waals surface area contributed by atoms with Crippen LogP contribution in [-0.2, 0) is 11.3 Å². The highest BCUT2D eigenvalue weighted by Gasteiger charge is 2.47. The van der Waals surface area contributed by atoms with Crippen LogP contribution in [0, 0.1) is 0 Å². The molecule has 1 N–H and O–H groups in total. The fourth-order valence-electron chi connectivity index (χ4n) is 3.68. The quantitative estimate of drug-likeness (QED) is 0.922. The van der Waals surface area contributed by atoms with Gasteiger partial charge >= 0.3 is 6.18 Å². The van der Waals surface area contributed by atoms with Crippen molar-refractivity contribution in [1.82, 2.24) is 20.0 Å². The lowest BCUT2D eigenvalue weighted by Gasteiger charge is -2.27. The Balaban J connectivity index is 1.61. The topological polar surface area (TPSA) is 50.2 Å². The van der Waals surface area contributed by atoms with Gasteiger partial charge in [-0.05, 0) is 18.9 Å². The van der Waals surface area contributed by atoms with Crippen molar-refractivity contribution in [3.63, 3.8) is 0 Å². The van der Waals surface area contributed by atoms with E-state index in [1.165, 1.54) is 0 Å². The maximum atomic E-state index is 13.1. The Hall–Kier alpha value is -2.09. The van der Waals surface area contributed by atoms with Crippen molar-refractivity contribution in [3.8, 4) is 0 Å². The highest BCUT2D eigenvalue weighted by Crippen LogP contribution is 2.33. The van der Waals surface area contributed by atoms with Crippen molar-refractivity contribution in [3.05, 3.63) is 30.0 Å². The fraction of sp³-hybridized carbons (Fsp3) is 0.529. The van der Waals surface area contributed by atoms with Gasteiger partial charge in [0.25, 0.3) is 0 Å². The number of nitrogens with one attached hydrogen (secondary N) is 1. The average molecular weight is 352 g/mol. The molecule has 2 fully saturated rings. The van der Waals surface area contributed by atoms with Gasteiger partial charge in [0.15, 0.2) is 0 Å². The average Bonchev–Trinajstić information content (AvgIpc) is 3.12. The number of hydrogen-bond donors (Lipinski definition) is 1. The van der Waals surface area contributed by atoms with E-state index in [0.717, 1.165) is 34.6 Å². The van der Waals surface area contributed by atoms with Crippen LogP contribution >= 0.6 is 0 Å². The molecule has 25 heavy (non-hydrogen) atoms. The van der Waals surface area contributed by atoms with Gasteiger partial charge in [0.05, 0.1) is 11.2 Å². The fourth-order valence-corrected chi connectivity index (χ4v) is 3.68. The van der Waals surface area contributed by atoms with E-state index < -0.39 is 18.1 Å². The number of amides is 1. The Morgan fingerprint density at radius 1 is 1.28 bits per heavy atom. The van der Waals surface area contributed by atoms with Crippen LogP contribution in [0.5, 0.6) is 0 Å². The lowest BCUT2D eigenvalue weighted by Crippen LogP contribution is -2.45. The summed E-state index contributed by atoms with van der Waals surface area (Å²) in [5.41, 5.74) is 1.71. The van der Waals surface area contributed by atoms with Crippen molar-refractivity contribution < 1.29 is 18.0 Å². The zero-order chi connectivity index (χ0) is 17.6. The number of carbonyl (C=O) groups is 1. The van der Waals surface area contributed by atoms with Gasteiger partial charge in [-0.2, -0.15) is 18.3 Å². The lowest BCUT2D eigenvalue weighted by atomic mass is 9.97. The third kappa shape index (κ3) is 2.88. The van der Waals surface area contributed by atoms with Crippen LogP contribution in [0.3, 0.4) is 0 Å². The van der Waals surface area contributed by atoms with E-state index in [1.807, 2.05) is 24.3 Å². The van der Waals surface area contributed by atoms with E-state index in [-0.39, 0.29) is 25.4 Å². The van der Waals surface area contributed by atoms with E-state index in [2.05, 4.69) is 10.4 Å². The summed E-state index contributed by atoms with van der Waals surface area (Å²) in [4.78, 5) is 13.5. The van der Waals surface area contributed by atoms with Gasteiger partial charge in [0, 0.05) is 30.9 Å². The van der Waals surface area contributed by atoms with Crippen LogP contribution in [-0.4, -0.2) is 52.4 Å². The van der Waals surface area contributed by atoms with Gasteiger partial charge < -0.3 is 10.2 Å². The molecule has 1 amide bonds. The van der Waals surface area contributed by atoms with Gasteiger partial charge in [-0.1, -0.05) is 18.2 Å². The van der Waals surface area contributed by atoms with Crippen LogP contribution in [0.25, 0.3) is 10.9 Å². The maximum Gasteiger partial charge on any atom is 0.408 e. The summed E-state index contributed by atoms with van der Waals surface area (Å²) >= 11 is 0. The summed E-state index contributed by atoms with van der Waals surface area (Å²) in [6.07, 6.45) is -4.01. The predicted molar refractivity (Wildman–Crippen MR) is 86.1 cm³/mol. The molecular weight excluding hydrogens is 333 g/mol. The van der Waals surface area contributed by atoms with Crippen LogP contribution < -0.4 is 5.32 Å². The summed E-state index contributed by atoms with van der Waals surface area (Å²) in [5, 5.41) is 8.72. The predicted octanol–water partition coefficient (Wildman–Crippen LogP) is 2.28. The van der Waals surface area contributed by atoms with Gasteiger partial charge in [-0.3, -0.25) is 9.48 Å². The Morgan fingerprint density at radius 2 is 2.04 bits per heavy atom. The maximum absolute atomic E-state index is 13.1. The molecule has 2 aliphatic rings. The molecule has 8 heteroatoms. The standard InChI is InChI=1S/C17H19F3N4O/c18-17(19,20)14-6-3-7-23(14)15(25)10-24-13-5-2-1-4-12(13)16(22-24)11-8-21-9-11/h1-2,4-5,11,14,21H,3,6-10H2/t14-/m0/s1. The molecule has 5 nitrogen and oxygen atoms in total. The highest BCUT2D eigenvalue weighted by atomic mass is 19.4. The molecule has 1 atom stereocenters. The third-order valence-electron chi connectivity index (χ3n) is 5.09. The zero-order valence-corrected chi connectivity index (χ0v) is 13.6. The Bertz CT molecular complexity index is 797. The van der Waals surface area contributed by atoms with Crippen LogP contribution in [0.4, 0.5) is 13.2 Å². The first kappa shape index (κ1) is 16.4. The SMILES string of the molecule is O=C(Cn1nc(C2CNC2)c2ccccc21)N1CCC[C@H]1C(F)(F)F. The van der Waals surface area contributed by atoms with E-state index in [4.69, 9.17) is 0 Å². The number of halogens is 3. The number of hydrogen-bond acceptors (Lipinski definition) is 3. The molecular formula is C17H19F3N4O. The number of para-hydroxylation sites is 1. The minimum absolute atomic E-state index is 0.0198. The molecule has 0 spiro atoms. The first-order valence-electron chi connectivity index (χ1n) is 8.47. The van der Waals surface area contributed by atoms with Gasteiger partial charge in [-0.15, -0.1) is 0 Å². The second-order valence-electron chi connectivity index (χ2n) is 6.70. The lowest BCUT2D eigenvalue weighted by molar-refractivity contribution is -0.183. The Morgan fingerprint density at radius 3 is 2.72 bits per heavy atom. The number of nitrogens with zero attached hydrogens (tertiary/aromatic N) is 3. The summed E-state index contributed by atoms with van der Waals surface area (Å²) in [6.45, 7) is 1.66. The molecule has 2 aromatic rings. The summed E-state index contributed by atoms with van der Waals surface area (Å²) < 4.78 is 40.9. The van der Waals surface area contributed by atoms with Crippen molar-refractivity contribution >= 4 is 16.8 Å². The number of aromatic nitrogens is 2. The molecule has 0 aliphatic carbocycles. The second kappa shape index (κ2) is 6.01. The number of fused-ring (bicyclic) bond motifs is 1. The monoisotopic (exact) mass is 352 g/mol. The summed E-state index contributed by atoms with van der Waals surface area (Å²) in [7, 11) is 0. The first-order chi connectivity index (χ1) is 11.9. The summed E-state index contributed by atoms with van der Waals surface area (Å²) in [6, 6.07) is 5.90. The number of alkyl halides is 3. The van der Waals surface area contributed by atoms with Crippen molar-refractivity contribution in [2.45, 2.75) is 37.5 Å². The van der Waals surface area contributed by atoms with Gasteiger partial charge in [-0.25, -0.2) is 0 Å². The molecule has 0 bridgehead atoms. The highest BCUT2D eigenvalue weighted by molar-refractivity contribution is 5.85. The van der Waals surface area contributed by atoms with E-state index >= 15 is 0 Å². The van der Waals surface area contributed by atoms with Crippen molar-refractivity contribution in [1.29, 1.82) is 0 Å². The molecule has 0 radical (unpaired) electrons. The van der Waals surface area contributed by atoms with E-state index in [9.17, 15) is 18.0 Å². The van der Waals surface area contributed by atoms with E-state index in [1.54, 1.807) is 4.68 Å². The van der Waals surface area contributed by atoms with Gasteiger partial charge in [0.2, 0.25) is 5.91 Å². The molecule has 1 aromatic heterocycles. The molecule has 4 rings (SSSR count). The molecule has 2 aliphatic heterocycles. The molecule has 134 valence electrons. The van der Waals surface area contributed by atoms with Crippen molar-refractivity contribution in [2.75, 3.05) is 19.6 Å². The third-order valence-corrected chi connectivity index (χ3v) is 5.09. The number of benzene rings is 1. The summed E-state index contributed by atoms with van der Waals surface area (Å²) in [5.74, 6) is -0.234. The molecule has 2 saturated heterocycles. The smallest absolute Gasteiger partial charge is 0.329 e. The van der Waals surface area contributed by atoms with Crippen LogP contribution in [0.1, 0.15) is 24.5 Å². The van der Waals surface area contributed by atoms with Crippen LogP contribution in [0.15, 0.2) is 24.3 Å². The number of likely N-dealkylation sites (tertiary alicyclic amines) is 1. The molecule has 0 saturated carbocycles. The first-order valence-corrected chi connectivity index (χ1v) is 8.47. The second-order valence-corrected chi connectivity index (χ2v) is 6.70. The minimum atomic E-state index is -4.37. The normalized spacial score (nSPS) is 21.7. The van der Waals surface area contributed by atoms with Crippen molar-refractivity contribution in [2.24, 2.45) is 0 Å². The number of rotatable bonds is 3. The Labute approximate surface area is 142 Å². The molecule has 3 heterocycles. The van der Waals surface area contributed by atoms with Crippen LogP contribution in [0.2, 0.25) is 0 Å². The zero-order valence-electron chi connectivity index (χ0n) is 13.6. The van der Waals surface area contributed by atoms with Gasteiger partial charge in [0.1, 0.15) is 12.6 Å². The largest absolute Gasteiger partial charge is 0.408 e. The minimum Gasteiger partial charge on any atom is -0.329 e. The molecule has 1 aromatic carbocycles. The van der Waals surface area contributed by atoms with E-state index in [0.29, 0.717) is 6.42 Å². The number of carbonyl (C=O) groups excluding carboxylic acids is 1. The molecule has 0 unspecified atom stereocenters. The Kier molecular flexibility index (Phi) is 3.94.